The lowest BCUT2D eigenvalue weighted by Gasteiger charge is -2.25. The summed E-state index contributed by atoms with van der Waals surface area (Å²) in [5, 5.41) is 19.9. The van der Waals surface area contributed by atoms with Crippen LogP contribution in [0.25, 0.3) is 5.76 Å². The van der Waals surface area contributed by atoms with E-state index in [0.29, 0.717) is 23.2 Å². The number of ether oxygens (including phenoxy) is 1. The van der Waals surface area contributed by atoms with Crippen LogP contribution in [0.1, 0.15) is 22.6 Å². The molecule has 3 rings (SSSR count). The SMILES string of the molecule is Cc1ccc2c(c1)C(C=O)C(O)=C(c1ccc(O)c(N)c1)O2. The molecule has 0 bridgehead atoms. The number of rotatable bonds is 2. The Hall–Kier alpha value is -2.95. The maximum atomic E-state index is 11.4. The molecule has 1 atom stereocenters. The standard InChI is InChI=1S/C17H15NO4/c1-9-2-5-15-11(6-9)12(8-19)16(21)17(22-15)10-3-4-14(20)13(18)7-10/h2-8,12,20-21H,18H2,1H3. The first-order valence-electron chi connectivity index (χ1n) is 6.77. The molecule has 2 aromatic carbocycles. The number of nitrogen functional groups attached to an aromatic ring is 1. The van der Waals surface area contributed by atoms with Crippen LogP contribution in [0, 0.1) is 6.92 Å². The van der Waals surface area contributed by atoms with Crippen molar-refractivity contribution >= 4 is 17.7 Å². The van der Waals surface area contributed by atoms with Gasteiger partial charge in [-0.05, 0) is 31.2 Å². The number of aryl methyl sites for hydroxylation is 1. The van der Waals surface area contributed by atoms with E-state index in [-0.39, 0.29) is 23.0 Å². The number of phenols is 1. The molecular weight excluding hydrogens is 282 g/mol. The Balaban J connectivity index is 2.14. The molecule has 2 aromatic rings. The molecule has 1 aliphatic rings. The number of aromatic hydroxyl groups is 1. The summed E-state index contributed by atoms with van der Waals surface area (Å²) in [6.07, 6.45) is 0.680. The van der Waals surface area contributed by atoms with E-state index in [0.717, 1.165) is 5.56 Å². The third-order valence-electron chi connectivity index (χ3n) is 3.67. The second-order valence-electron chi connectivity index (χ2n) is 5.25. The maximum Gasteiger partial charge on any atom is 0.173 e. The summed E-state index contributed by atoms with van der Waals surface area (Å²) in [6.45, 7) is 1.90. The molecule has 5 heteroatoms. The van der Waals surface area contributed by atoms with E-state index in [1.165, 1.54) is 12.1 Å². The molecule has 0 fully saturated rings. The highest BCUT2D eigenvalue weighted by Crippen LogP contribution is 2.41. The Bertz CT molecular complexity index is 795. The molecule has 0 saturated carbocycles. The third kappa shape index (κ3) is 2.16. The summed E-state index contributed by atoms with van der Waals surface area (Å²) in [4.78, 5) is 11.4. The van der Waals surface area contributed by atoms with Crippen LogP contribution in [0.4, 0.5) is 5.69 Å². The highest BCUT2D eigenvalue weighted by atomic mass is 16.5. The summed E-state index contributed by atoms with van der Waals surface area (Å²) < 4.78 is 5.75. The van der Waals surface area contributed by atoms with Crippen LogP contribution < -0.4 is 10.5 Å². The molecule has 22 heavy (non-hydrogen) atoms. The van der Waals surface area contributed by atoms with E-state index in [4.69, 9.17) is 10.5 Å². The first kappa shape index (κ1) is 14.0. The maximum absolute atomic E-state index is 11.4. The van der Waals surface area contributed by atoms with Crippen LogP contribution in [0.5, 0.6) is 11.5 Å². The van der Waals surface area contributed by atoms with E-state index in [1.54, 1.807) is 12.1 Å². The van der Waals surface area contributed by atoms with Crippen molar-refractivity contribution < 1.29 is 19.7 Å². The number of nitrogens with two attached hydrogens (primary N) is 1. The van der Waals surface area contributed by atoms with Crippen molar-refractivity contribution in [2.75, 3.05) is 5.73 Å². The van der Waals surface area contributed by atoms with Crippen LogP contribution in [0.15, 0.2) is 42.2 Å². The minimum Gasteiger partial charge on any atom is -0.507 e. The van der Waals surface area contributed by atoms with Crippen LogP contribution in [-0.4, -0.2) is 16.5 Å². The summed E-state index contributed by atoms with van der Waals surface area (Å²) in [5.74, 6) is -0.322. The number of aliphatic hydroxyl groups excluding tert-OH is 1. The number of benzene rings is 2. The monoisotopic (exact) mass is 297 g/mol. The quantitative estimate of drug-likeness (QED) is 0.450. The zero-order chi connectivity index (χ0) is 15.9. The molecule has 0 amide bonds. The molecule has 0 saturated heterocycles. The first-order valence-corrected chi connectivity index (χ1v) is 6.77. The Labute approximate surface area is 127 Å². The van der Waals surface area contributed by atoms with Gasteiger partial charge in [0.25, 0.3) is 0 Å². The number of aliphatic hydroxyl groups is 1. The topological polar surface area (TPSA) is 92.8 Å². The van der Waals surface area contributed by atoms with E-state index >= 15 is 0 Å². The zero-order valence-electron chi connectivity index (χ0n) is 11.9. The smallest absolute Gasteiger partial charge is 0.173 e. The van der Waals surface area contributed by atoms with Crippen molar-refractivity contribution in [3.8, 4) is 11.5 Å². The number of fused-ring (bicyclic) bond motifs is 1. The van der Waals surface area contributed by atoms with E-state index in [1.807, 2.05) is 19.1 Å². The number of allylic oxidation sites excluding steroid dienone is 1. The number of carbonyl (C=O) groups excluding carboxylic acids is 1. The van der Waals surface area contributed by atoms with Gasteiger partial charge in [0.15, 0.2) is 11.5 Å². The predicted molar refractivity (Wildman–Crippen MR) is 82.7 cm³/mol. The average molecular weight is 297 g/mol. The zero-order valence-corrected chi connectivity index (χ0v) is 11.9. The molecule has 4 N–H and O–H groups in total. The second kappa shape index (κ2) is 5.11. The highest BCUT2D eigenvalue weighted by molar-refractivity contribution is 5.80. The van der Waals surface area contributed by atoms with Crippen molar-refractivity contribution in [1.82, 2.24) is 0 Å². The molecule has 5 nitrogen and oxygen atoms in total. The summed E-state index contributed by atoms with van der Waals surface area (Å²) in [5.41, 5.74) is 7.93. The van der Waals surface area contributed by atoms with Crippen LogP contribution in [0.2, 0.25) is 0 Å². The molecule has 1 aliphatic heterocycles. The number of hydrogen-bond acceptors (Lipinski definition) is 5. The Kier molecular flexibility index (Phi) is 3.25. The van der Waals surface area contributed by atoms with Gasteiger partial charge in [-0.1, -0.05) is 17.7 Å². The van der Waals surface area contributed by atoms with Gasteiger partial charge in [-0.15, -0.1) is 0 Å². The number of carbonyl (C=O) groups is 1. The Morgan fingerprint density at radius 3 is 2.64 bits per heavy atom. The van der Waals surface area contributed by atoms with Crippen molar-refractivity contribution in [3.63, 3.8) is 0 Å². The summed E-state index contributed by atoms with van der Waals surface area (Å²) >= 11 is 0. The van der Waals surface area contributed by atoms with Gasteiger partial charge in [-0.3, -0.25) is 0 Å². The fourth-order valence-corrected chi connectivity index (χ4v) is 2.49. The lowest BCUT2D eigenvalue weighted by Crippen LogP contribution is -2.16. The van der Waals surface area contributed by atoms with Gasteiger partial charge >= 0.3 is 0 Å². The first-order chi connectivity index (χ1) is 10.5. The van der Waals surface area contributed by atoms with Gasteiger partial charge in [0.1, 0.15) is 23.7 Å². The van der Waals surface area contributed by atoms with Crippen molar-refractivity contribution in [3.05, 3.63) is 58.8 Å². The number of phenolic OH excluding ortho intramolecular Hbond substituents is 1. The van der Waals surface area contributed by atoms with Gasteiger partial charge in [-0.2, -0.15) is 0 Å². The summed E-state index contributed by atoms with van der Waals surface area (Å²) in [6, 6.07) is 9.91. The van der Waals surface area contributed by atoms with Gasteiger partial charge < -0.3 is 25.5 Å². The van der Waals surface area contributed by atoms with Gasteiger partial charge in [0.05, 0.1) is 5.69 Å². The van der Waals surface area contributed by atoms with Crippen molar-refractivity contribution in [1.29, 1.82) is 0 Å². The summed E-state index contributed by atoms with van der Waals surface area (Å²) in [7, 11) is 0. The average Bonchev–Trinajstić information content (AvgIpc) is 2.50. The number of aldehydes is 1. The largest absolute Gasteiger partial charge is 0.507 e. The molecule has 0 radical (unpaired) electrons. The fourth-order valence-electron chi connectivity index (χ4n) is 2.49. The third-order valence-corrected chi connectivity index (χ3v) is 3.67. The van der Waals surface area contributed by atoms with Crippen LogP contribution in [0.3, 0.4) is 0 Å². The molecule has 1 unspecified atom stereocenters. The Morgan fingerprint density at radius 1 is 1.18 bits per heavy atom. The van der Waals surface area contributed by atoms with Crippen LogP contribution in [-0.2, 0) is 4.79 Å². The fraction of sp³-hybridized carbons (Fsp3) is 0.118. The van der Waals surface area contributed by atoms with Crippen molar-refractivity contribution in [2.24, 2.45) is 0 Å². The lowest BCUT2D eigenvalue weighted by molar-refractivity contribution is -0.109. The number of hydrogen-bond donors (Lipinski definition) is 3. The second-order valence-corrected chi connectivity index (χ2v) is 5.25. The van der Waals surface area contributed by atoms with Crippen LogP contribution >= 0.6 is 0 Å². The minimum absolute atomic E-state index is 0.0531. The van der Waals surface area contributed by atoms with Crippen molar-refractivity contribution in [2.45, 2.75) is 12.8 Å². The number of anilines is 1. The van der Waals surface area contributed by atoms with Gasteiger partial charge in [0, 0.05) is 11.1 Å². The lowest BCUT2D eigenvalue weighted by atomic mass is 9.92. The van der Waals surface area contributed by atoms with Gasteiger partial charge in [0.2, 0.25) is 0 Å². The van der Waals surface area contributed by atoms with E-state index in [2.05, 4.69) is 0 Å². The molecule has 0 aliphatic carbocycles. The van der Waals surface area contributed by atoms with Gasteiger partial charge in [-0.25, -0.2) is 0 Å². The molecular formula is C17H15NO4. The minimum atomic E-state index is -0.784. The Morgan fingerprint density at radius 2 is 1.95 bits per heavy atom. The normalized spacial score (nSPS) is 16.9. The van der Waals surface area contributed by atoms with E-state index in [9.17, 15) is 15.0 Å². The van der Waals surface area contributed by atoms with E-state index < -0.39 is 5.92 Å². The predicted octanol–water partition coefficient (Wildman–Crippen LogP) is 2.88. The molecule has 1 heterocycles. The molecule has 0 spiro atoms. The highest BCUT2D eigenvalue weighted by Gasteiger charge is 2.30. The molecule has 0 aromatic heterocycles. The molecule has 112 valence electrons.